The van der Waals surface area contributed by atoms with E-state index in [1.54, 1.807) is 24.9 Å². The van der Waals surface area contributed by atoms with Gasteiger partial charge in [0.2, 0.25) is 5.91 Å². The van der Waals surface area contributed by atoms with E-state index >= 15 is 0 Å². The Morgan fingerprint density at radius 2 is 1.58 bits per heavy atom. The maximum atomic E-state index is 13.1. The van der Waals surface area contributed by atoms with E-state index in [9.17, 15) is 9.59 Å². The van der Waals surface area contributed by atoms with Crippen molar-refractivity contribution in [3.05, 3.63) is 101 Å². The molecule has 3 aromatic carbocycles. The Hall–Kier alpha value is -4.24. The number of anilines is 1. The number of aromatic nitrogens is 4. The van der Waals surface area contributed by atoms with Crippen molar-refractivity contribution in [1.29, 1.82) is 0 Å². The van der Waals surface area contributed by atoms with Crippen molar-refractivity contribution < 1.29 is 9.21 Å². The number of hydrogen-bond acceptors (Lipinski definition) is 7. The molecule has 1 amide bonds. The maximum Gasteiger partial charge on any atom is 0.277 e. The zero-order chi connectivity index (χ0) is 25.1. The predicted molar refractivity (Wildman–Crippen MR) is 140 cm³/mol. The first-order valence-electron chi connectivity index (χ1n) is 11.4. The van der Waals surface area contributed by atoms with Crippen LogP contribution in [0.1, 0.15) is 12.5 Å². The van der Waals surface area contributed by atoms with E-state index in [0.717, 1.165) is 11.3 Å². The SMILES string of the molecule is CC(Sc1nnc(-c2nn(Cc3ccccc3)c(=O)c3ccccc23)o1)C(=O)N(C)c1ccccc1. The van der Waals surface area contributed by atoms with Crippen molar-refractivity contribution >= 4 is 34.1 Å². The predicted octanol–water partition coefficient (Wildman–Crippen LogP) is 4.64. The van der Waals surface area contributed by atoms with Gasteiger partial charge in [0.15, 0.2) is 5.69 Å². The van der Waals surface area contributed by atoms with Gasteiger partial charge >= 0.3 is 0 Å². The Balaban J connectivity index is 1.44. The number of amides is 1. The Bertz CT molecular complexity index is 1570. The summed E-state index contributed by atoms with van der Waals surface area (Å²) in [6.45, 7) is 2.11. The van der Waals surface area contributed by atoms with Crippen molar-refractivity contribution in [3.8, 4) is 11.6 Å². The fourth-order valence-corrected chi connectivity index (χ4v) is 4.64. The molecule has 2 heterocycles. The van der Waals surface area contributed by atoms with Crippen LogP contribution in [0, 0.1) is 0 Å². The molecule has 0 bridgehead atoms. The maximum absolute atomic E-state index is 13.1. The molecule has 0 aliphatic heterocycles. The second-order valence-corrected chi connectivity index (χ2v) is 9.50. The smallest absolute Gasteiger partial charge is 0.277 e. The summed E-state index contributed by atoms with van der Waals surface area (Å²) in [5.74, 6) is 0.0949. The molecule has 0 saturated heterocycles. The van der Waals surface area contributed by atoms with Crippen LogP contribution in [0.3, 0.4) is 0 Å². The summed E-state index contributed by atoms with van der Waals surface area (Å²) in [6.07, 6.45) is 0. The number of nitrogens with zero attached hydrogens (tertiary/aromatic N) is 5. The lowest BCUT2D eigenvalue weighted by molar-refractivity contribution is -0.117. The monoisotopic (exact) mass is 497 g/mol. The lowest BCUT2D eigenvalue weighted by Crippen LogP contribution is -2.33. The second-order valence-electron chi connectivity index (χ2n) is 8.21. The van der Waals surface area contributed by atoms with E-state index in [4.69, 9.17) is 4.42 Å². The van der Waals surface area contributed by atoms with Gasteiger partial charge in [0, 0.05) is 18.1 Å². The van der Waals surface area contributed by atoms with Gasteiger partial charge in [-0.3, -0.25) is 9.59 Å². The number of carbonyl (C=O) groups excluding carboxylic acids is 1. The molecule has 0 aliphatic rings. The third-order valence-electron chi connectivity index (χ3n) is 5.75. The van der Waals surface area contributed by atoms with E-state index in [1.807, 2.05) is 78.9 Å². The lowest BCUT2D eigenvalue weighted by atomic mass is 10.1. The van der Waals surface area contributed by atoms with Crippen LogP contribution >= 0.6 is 11.8 Å². The molecule has 2 aromatic heterocycles. The van der Waals surface area contributed by atoms with Gasteiger partial charge in [0.1, 0.15) is 0 Å². The van der Waals surface area contributed by atoms with Crippen LogP contribution in [-0.2, 0) is 11.3 Å². The number of benzene rings is 3. The molecule has 5 aromatic rings. The number of thioether (sulfide) groups is 1. The van der Waals surface area contributed by atoms with Crippen LogP contribution in [-0.4, -0.2) is 38.2 Å². The summed E-state index contributed by atoms with van der Waals surface area (Å²) in [4.78, 5) is 27.6. The topological polar surface area (TPSA) is 94.1 Å². The average Bonchev–Trinajstić information content (AvgIpc) is 3.38. The van der Waals surface area contributed by atoms with Gasteiger partial charge < -0.3 is 9.32 Å². The fourth-order valence-electron chi connectivity index (χ4n) is 3.86. The first-order valence-corrected chi connectivity index (χ1v) is 12.3. The molecule has 0 N–H and O–H groups in total. The number of para-hydroxylation sites is 1. The summed E-state index contributed by atoms with van der Waals surface area (Å²) >= 11 is 1.18. The summed E-state index contributed by atoms with van der Waals surface area (Å²) < 4.78 is 7.33. The molecule has 36 heavy (non-hydrogen) atoms. The summed E-state index contributed by atoms with van der Waals surface area (Å²) in [5.41, 5.74) is 1.97. The number of rotatable bonds is 7. The van der Waals surface area contributed by atoms with Crippen LogP contribution in [0.15, 0.2) is 99.4 Å². The Morgan fingerprint density at radius 1 is 0.944 bits per heavy atom. The normalized spacial score (nSPS) is 11.9. The fraction of sp³-hybridized carbons (Fsp3) is 0.148. The highest BCUT2D eigenvalue weighted by Crippen LogP contribution is 2.29. The zero-order valence-electron chi connectivity index (χ0n) is 19.7. The summed E-state index contributed by atoms with van der Waals surface area (Å²) in [6, 6.07) is 26.3. The van der Waals surface area contributed by atoms with Gasteiger partial charge in [-0.25, -0.2) is 4.68 Å². The van der Waals surface area contributed by atoms with Gasteiger partial charge in [-0.15, -0.1) is 10.2 Å². The van der Waals surface area contributed by atoms with Crippen LogP contribution in [0.25, 0.3) is 22.4 Å². The minimum Gasteiger partial charge on any atom is -0.409 e. The second kappa shape index (κ2) is 10.2. The highest BCUT2D eigenvalue weighted by molar-refractivity contribution is 8.00. The Labute approximate surface area is 211 Å². The molecular formula is C27H23N5O3S. The average molecular weight is 498 g/mol. The lowest BCUT2D eigenvalue weighted by Gasteiger charge is -2.20. The molecule has 180 valence electrons. The van der Waals surface area contributed by atoms with Gasteiger partial charge in [0.05, 0.1) is 17.2 Å². The third kappa shape index (κ3) is 4.78. The van der Waals surface area contributed by atoms with Crippen molar-refractivity contribution in [2.24, 2.45) is 0 Å². The molecule has 0 spiro atoms. The van der Waals surface area contributed by atoms with Crippen molar-refractivity contribution in [1.82, 2.24) is 20.0 Å². The van der Waals surface area contributed by atoms with Crippen molar-refractivity contribution in [2.75, 3.05) is 11.9 Å². The zero-order valence-corrected chi connectivity index (χ0v) is 20.6. The van der Waals surface area contributed by atoms with Gasteiger partial charge in [-0.1, -0.05) is 78.5 Å². The minimum atomic E-state index is -0.458. The first kappa shape index (κ1) is 23.5. The number of hydrogen-bond donors (Lipinski definition) is 0. The molecule has 0 aliphatic carbocycles. The summed E-state index contributed by atoms with van der Waals surface area (Å²) in [5, 5.41) is 13.8. The number of fused-ring (bicyclic) bond motifs is 1. The minimum absolute atomic E-state index is 0.0917. The van der Waals surface area contributed by atoms with Gasteiger partial charge in [0.25, 0.3) is 16.7 Å². The first-order chi connectivity index (χ1) is 17.5. The largest absolute Gasteiger partial charge is 0.409 e. The Morgan fingerprint density at radius 3 is 2.31 bits per heavy atom. The van der Waals surface area contributed by atoms with Gasteiger partial charge in [-0.2, -0.15) is 5.10 Å². The Kier molecular flexibility index (Phi) is 6.64. The van der Waals surface area contributed by atoms with Gasteiger partial charge in [-0.05, 0) is 30.7 Å². The van der Waals surface area contributed by atoms with Crippen LogP contribution in [0.5, 0.6) is 0 Å². The quantitative estimate of drug-likeness (QED) is 0.302. The molecule has 0 fully saturated rings. The molecule has 9 heteroatoms. The van der Waals surface area contributed by atoms with Crippen molar-refractivity contribution in [3.63, 3.8) is 0 Å². The van der Waals surface area contributed by atoms with E-state index in [-0.39, 0.29) is 22.6 Å². The van der Waals surface area contributed by atoms with E-state index in [0.29, 0.717) is 23.0 Å². The standard InChI is InChI=1S/C27H23N5O3S/c1-18(25(33)31(2)20-13-7-4-8-14-20)36-27-29-28-24(35-27)23-21-15-9-10-16-22(21)26(34)32(30-23)17-19-11-5-3-6-12-19/h3-16,18H,17H2,1-2H3. The van der Waals surface area contributed by atoms with E-state index in [1.165, 1.54) is 16.4 Å². The number of carbonyl (C=O) groups is 1. The van der Waals surface area contributed by atoms with Crippen LogP contribution in [0.2, 0.25) is 0 Å². The molecular weight excluding hydrogens is 474 g/mol. The molecule has 0 saturated carbocycles. The molecule has 5 rings (SSSR count). The highest BCUT2D eigenvalue weighted by atomic mass is 32.2. The third-order valence-corrected chi connectivity index (χ3v) is 6.67. The molecule has 8 nitrogen and oxygen atoms in total. The molecule has 1 unspecified atom stereocenters. The van der Waals surface area contributed by atoms with Crippen LogP contribution in [0.4, 0.5) is 5.69 Å². The highest BCUT2D eigenvalue weighted by Gasteiger charge is 2.24. The van der Waals surface area contributed by atoms with E-state index < -0.39 is 5.25 Å². The summed E-state index contributed by atoms with van der Waals surface area (Å²) in [7, 11) is 1.74. The molecule has 1 atom stereocenters. The van der Waals surface area contributed by atoms with Crippen molar-refractivity contribution in [2.45, 2.75) is 23.9 Å². The van der Waals surface area contributed by atoms with Crippen LogP contribution < -0.4 is 10.5 Å². The van der Waals surface area contributed by atoms with E-state index in [2.05, 4.69) is 15.3 Å². The molecule has 0 radical (unpaired) electrons.